The van der Waals surface area contributed by atoms with Crippen LogP contribution < -0.4 is 5.32 Å². The van der Waals surface area contributed by atoms with Crippen LogP contribution in [0.5, 0.6) is 0 Å². The van der Waals surface area contributed by atoms with Crippen LogP contribution in [0.15, 0.2) is 23.2 Å². The molecule has 1 fully saturated rings. The summed E-state index contributed by atoms with van der Waals surface area (Å²) in [4.78, 5) is 5.67. The van der Waals surface area contributed by atoms with E-state index in [-0.39, 0.29) is 0 Å². The quantitative estimate of drug-likeness (QED) is 0.794. The monoisotopic (exact) mass is 194 g/mol. The van der Waals surface area contributed by atoms with Crippen LogP contribution in [0.3, 0.4) is 0 Å². The smallest absolute Gasteiger partial charge is 0.0542 e. The molecule has 3 heteroatoms. The maximum atomic E-state index is 4.37. The largest absolute Gasteiger partial charge is 0.314 e. The van der Waals surface area contributed by atoms with E-state index in [1.165, 1.54) is 17.7 Å². The summed E-state index contributed by atoms with van der Waals surface area (Å²) >= 11 is 1.95. The minimum Gasteiger partial charge on any atom is -0.314 e. The van der Waals surface area contributed by atoms with Crippen molar-refractivity contribution < 1.29 is 0 Å². The predicted molar refractivity (Wildman–Crippen MR) is 55.9 cm³/mol. The van der Waals surface area contributed by atoms with E-state index in [1.54, 1.807) is 0 Å². The summed E-state index contributed by atoms with van der Waals surface area (Å²) in [7, 11) is 1.94. The summed E-state index contributed by atoms with van der Waals surface area (Å²) in [5.74, 6) is 0. The Morgan fingerprint density at radius 3 is 2.92 bits per heavy atom. The summed E-state index contributed by atoms with van der Waals surface area (Å²) in [6.07, 6.45) is 4.74. The predicted octanol–water partition coefficient (Wildman–Crippen LogP) is 2.06. The van der Waals surface area contributed by atoms with Crippen LogP contribution in [0, 0.1) is 0 Å². The van der Waals surface area contributed by atoms with Crippen molar-refractivity contribution in [1.29, 1.82) is 0 Å². The van der Waals surface area contributed by atoms with Crippen molar-refractivity contribution in [3.63, 3.8) is 0 Å². The van der Waals surface area contributed by atoms with E-state index in [9.17, 15) is 0 Å². The van der Waals surface area contributed by atoms with Crippen molar-refractivity contribution in [3.05, 3.63) is 24.0 Å². The lowest BCUT2D eigenvalue weighted by molar-refractivity contribution is 0.788. The first-order chi connectivity index (χ1) is 6.38. The average molecular weight is 194 g/mol. The van der Waals surface area contributed by atoms with Crippen LogP contribution in [-0.4, -0.2) is 17.3 Å². The molecule has 1 aliphatic rings. The molecule has 0 bridgehead atoms. The van der Waals surface area contributed by atoms with Crippen LogP contribution in [0.1, 0.15) is 18.5 Å². The highest BCUT2D eigenvalue weighted by atomic mass is 32.2. The molecule has 0 aromatic carbocycles. The summed E-state index contributed by atoms with van der Waals surface area (Å²) in [6, 6.07) is 4.27. The highest BCUT2D eigenvalue weighted by Crippen LogP contribution is 2.38. The third-order valence-electron chi connectivity index (χ3n) is 1.98. The van der Waals surface area contributed by atoms with Crippen LogP contribution in [0.2, 0.25) is 0 Å². The van der Waals surface area contributed by atoms with Gasteiger partial charge < -0.3 is 5.32 Å². The van der Waals surface area contributed by atoms with Crippen molar-refractivity contribution in [2.75, 3.05) is 7.05 Å². The minimum absolute atomic E-state index is 0.856. The van der Waals surface area contributed by atoms with Crippen LogP contribution in [0.25, 0.3) is 0 Å². The molecule has 2 nitrogen and oxygen atoms in total. The zero-order chi connectivity index (χ0) is 9.10. The number of aromatic nitrogens is 1. The normalized spacial score (nSPS) is 16.1. The second-order valence-corrected chi connectivity index (χ2v) is 4.71. The highest BCUT2D eigenvalue weighted by molar-refractivity contribution is 8.00. The first-order valence-corrected chi connectivity index (χ1v) is 5.52. The van der Waals surface area contributed by atoms with Gasteiger partial charge in [0, 0.05) is 22.9 Å². The molecule has 0 atom stereocenters. The van der Waals surface area contributed by atoms with Gasteiger partial charge in [0.05, 0.1) is 5.69 Å². The summed E-state index contributed by atoms with van der Waals surface area (Å²) in [5.41, 5.74) is 1.11. The van der Waals surface area contributed by atoms with Gasteiger partial charge in [-0.3, -0.25) is 4.98 Å². The van der Waals surface area contributed by atoms with Crippen molar-refractivity contribution in [2.24, 2.45) is 0 Å². The Labute approximate surface area is 83.1 Å². The molecule has 1 heterocycles. The molecule has 0 unspecified atom stereocenters. The first kappa shape index (κ1) is 9.03. The number of rotatable bonds is 4. The van der Waals surface area contributed by atoms with Crippen molar-refractivity contribution in [2.45, 2.75) is 29.5 Å². The van der Waals surface area contributed by atoms with E-state index in [4.69, 9.17) is 0 Å². The second-order valence-electron chi connectivity index (χ2n) is 3.33. The Morgan fingerprint density at radius 1 is 1.54 bits per heavy atom. The molecule has 0 saturated heterocycles. The molecule has 2 rings (SSSR count). The number of nitrogens with zero attached hydrogens (tertiary/aromatic N) is 1. The van der Waals surface area contributed by atoms with Gasteiger partial charge in [-0.2, -0.15) is 0 Å². The lowest BCUT2D eigenvalue weighted by atomic mass is 10.3. The molecule has 13 heavy (non-hydrogen) atoms. The first-order valence-electron chi connectivity index (χ1n) is 4.64. The van der Waals surface area contributed by atoms with Crippen LogP contribution >= 0.6 is 11.8 Å². The lowest BCUT2D eigenvalue weighted by Gasteiger charge is -2.01. The van der Waals surface area contributed by atoms with Crippen LogP contribution in [-0.2, 0) is 6.54 Å². The Hall–Kier alpha value is -0.540. The van der Waals surface area contributed by atoms with Gasteiger partial charge >= 0.3 is 0 Å². The van der Waals surface area contributed by atoms with Crippen molar-refractivity contribution >= 4 is 11.8 Å². The fourth-order valence-corrected chi connectivity index (χ4v) is 2.16. The van der Waals surface area contributed by atoms with E-state index in [0.717, 1.165) is 17.5 Å². The van der Waals surface area contributed by atoms with Gasteiger partial charge in [-0.1, -0.05) is 0 Å². The van der Waals surface area contributed by atoms with Crippen molar-refractivity contribution in [1.82, 2.24) is 10.3 Å². The molecule has 0 radical (unpaired) electrons. The molecule has 1 saturated carbocycles. The maximum Gasteiger partial charge on any atom is 0.0542 e. The molecule has 0 aliphatic heterocycles. The minimum atomic E-state index is 0.856. The van der Waals surface area contributed by atoms with Gasteiger partial charge in [-0.15, -0.1) is 11.8 Å². The number of hydrogen-bond donors (Lipinski definition) is 1. The summed E-state index contributed by atoms with van der Waals surface area (Å²) in [6.45, 7) is 0.856. The molecule has 1 aliphatic carbocycles. The van der Waals surface area contributed by atoms with Gasteiger partial charge in [-0.25, -0.2) is 0 Å². The molecular formula is C10H14N2S. The van der Waals surface area contributed by atoms with E-state index < -0.39 is 0 Å². The average Bonchev–Trinajstić information content (AvgIpc) is 2.93. The Kier molecular flexibility index (Phi) is 2.86. The Morgan fingerprint density at radius 2 is 2.38 bits per heavy atom. The molecule has 1 aromatic heterocycles. The number of nitrogens with one attached hydrogen (secondary N) is 1. The van der Waals surface area contributed by atoms with E-state index in [2.05, 4.69) is 22.4 Å². The standard InChI is InChI=1S/C10H14N2S/c1-11-6-8-2-3-10(7-12-8)13-9-4-5-9/h2-3,7,9,11H,4-6H2,1H3. The summed E-state index contributed by atoms with van der Waals surface area (Å²) in [5, 5.41) is 3.96. The zero-order valence-corrected chi connectivity index (χ0v) is 8.60. The fourth-order valence-electron chi connectivity index (χ4n) is 1.14. The van der Waals surface area contributed by atoms with Crippen molar-refractivity contribution in [3.8, 4) is 0 Å². The number of hydrogen-bond acceptors (Lipinski definition) is 3. The van der Waals surface area contributed by atoms with E-state index in [0.29, 0.717) is 0 Å². The van der Waals surface area contributed by atoms with Gasteiger partial charge in [0.15, 0.2) is 0 Å². The SMILES string of the molecule is CNCc1ccc(SC2CC2)cn1. The van der Waals surface area contributed by atoms with Gasteiger partial charge in [-0.05, 0) is 32.0 Å². The van der Waals surface area contributed by atoms with Crippen LogP contribution in [0.4, 0.5) is 0 Å². The Bertz CT molecular complexity index is 267. The highest BCUT2D eigenvalue weighted by Gasteiger charge is 2.22. The van der Waals surface area contributed by atoms with Gasteiger partial charge in [0.2, 0.25) is 0 Å². The third kappa shape index (κ3) is 2.71. The zero-order valence-electron chi connectivity index (χ0n) is 7.79. The Balaban J connectivity index is 1.95. The number of pyridine rings is 1. The molecule has 1 aromatic rings. The molecule has 0 spiro atoms. The maximum absolute atomic E-state index is 4.37. The van der Waals surface area contributed by atoms with E-state index >= 15 is 0 Å². The van der Waals surface area contributed by atoms with E-state index in [1.807, 2.05) is 25.0 Å². The summed E-state index contributed by atoms with van der Waals surface area (Å²) < 4.78 is 0. The molecule has 70 valence electrons. The molecular weight excluding hydrogens is 180 g/mol. The third-order valence-corrected chi connectivity index (χ3v) is 3.30. The fraction of sp³-hybridized carbons (Fsp3) is 0.500. The second kappa shape index (κ2) is 4.11. The van der Waals surface area contributed by atoms with Gasteiger partial charge in [0.25, 0.3) is 0 Å². The lowest BCUT2D eigenvalue weighted by Crippen LogP contribution is -2.06. The molecule has 1 N–H and O–H groups in total. The number of thioether (sulfide) groups is 1. The molecule has 0 amide bonds. The topological polar surface area (TPSA) is 24.9 Å². The van der Waals surface area contributed by atoms with Gasteiger partial charge in [0.1, 0.15) is 0 Å².